The van der Waals surface area contributed by atoms with Crippen molar-refractivity contribution in [2.45, 2.75) is 12.5 Å². The zero-order valence-corrected chi connectivity index (χ0v) is 13.4. The highest BCUT2D eigenvalue weighted by Gasteiger charge is 2.24. The molecule has 1 unspecified atom stereocenters. The largest absolute Gasteiger partial charge is 0.398 e. The molecule has 1 aliphatic rings. The number of aromatic nitrogens is 1. The van der Waals surface area contributed by atoms with E-state index in [4.69, 9.17) is 10.7 Å². The van der Waals surface area contributed by atoms with Gasteiger partial charge in [-0.25, -0.2) is 4.98 Å². The quantitative estimate of drug-likeness (QED) is 0.866. The number of hydrogen-bond acceptors (Lipinski definition) is 5. The van der Waals surface area contributed by atoms with E-state index in [1.807, 2.05) is 24.3 Å². The molecule has 2 aromatic rings. The molecule has 4 nitrogen and oxygen atoms in total. The topological polar surface area (TPSA) is 45.4 Å². The fourth-order valence-corrected chi connectivity index (χ4v) is 3.81. The first kappa shape index (κ1) is 14.5. The van der Waals surface area contributed by atoms with Crippen molar-refractivity contribution in [2.75, 3.05) is 39.5 Å². The minimum Gasteiger partial charge on any atom is -0.398 e. The maximum atomic E-state index is 6.06. The third-order valence-corrected chi connectivity index (χ3v) is 5.06. The smallest absolute Gasteiger partial charge is 0.112 e. The average molecular weight is 302 g/mol. The summed E-state index contributed by atoms with van der Waals surface area (Å²) >= 11 is 1.74. The Balaban J connectivity index is 1.89. The lowest BCUT2D eigenvalue weighted by Gasteiger charge is -2.25. The molecule has 1 atom stereocenters. The number of rotatable bonds is 2. The van der Waals surface area contributed by atoms with Gasteiger partial charge in [0.2, 0.25) is 0 Å². The van der Waals surface area contributed by atoms with E-state index in [0.717, 1.165) is 36.6 Å². The minimum atomic E-state index is 0.376. The standard InChI is InChI=1S/C16H22N4S/c1-19-8-5-9-20(2)15(10-19)16-18-14(11-21-16)12-6-3-4-7-13(12)17/h3-4,6-7,11,15H,5,8-10,17H2,1-2H3. The van der Waals surface area contributed by atoms with Crippen molar-refractivity contribution in [2.24, 2.45) is 0 Å². The van der Waals surface area contributed by atoms with Gasteiger partial charge in [-0.3, -0.25) is 4.90 Å². The van der Waals surface area contributed by atoms with E-state index in [9.17, 15) is 0 Å². The fraction of sp³-hybridized carbons (Fsp3) is 0.438. The Bertz CT molecular complexity index is 610. The third kappa shape index (κ3) is 3.10. The summed E-state index contributed by atoms with van der Waals surface area (Å²) in [7, 11) is 4.39. The third-order valence-electron chi connectivity index (χ3n) is 4.11. The molecule has 0 radical (unpaired) electrons. The Morgan fingerprint density at radius 3 is 2.86 bits per heavy atom. The molecular formula is C16H22N4S. The molecule has 1 saturated heterocycles. The number of likely N-dealkylation sites (N-methyl/N-ethyl adjacent to an activating group) is 2. The van der Waals surface area contributed by atoms with Gasteiger partial charge in [0.1, 0.15) is 5.01 Å². The summed E-state index contributed by atoms with van der Waals surface area (Å²) in [6.45, 7) is 3.32. The summed E-state index contributed by atoms with van der Waals surface area (Å²) in [5, 5.41) is 3.31. The lowest BCUT2D eigenvalue weighted by Crippen LogP contribution is -2.30. The van der Waals surface area contributed by atoms with Crippen LogP contribution in [0.3, 0.4) is 0 Å². The highest BCUT2D eigenvalue weighted by Crippen LogP contribution is 2.31. The zero-order chi connectivity index (χ0) is 14.8. The number of thiazole rings is 1. The predicted molar refractivity (Wildman–Crippen MR) is 89.4 cm³/mol. The summed E-state index contributed by atoms with van der Waals surface area (Å²) in [5.41, 5.74) is 8.88. The van der Waals surface area contributed by atoms with Crippen LogP contribution in [0.15, 0.2) is 29.6 Å². The fourth-order valence-electron chi connectivity index (χ4n) is 2.83. The summed E-state index contributed by atoms with van der Waals surface area (Å²) < 4.78 is 0. The van der Waals surface area contributed by atoms with Gasteiger partial charge >= 0.3 is 0 Å². The highest BCUT2D eigenvalue weighted by atomic mass is 32.1. The second kappa shape index (κ2) is 6.13. The Kier molecular flexibility index (Phi) is 4.24. The molecular weight excluding hydrogens is 280 g/mol. The first-order valence-electron chi connectivity index (χ1n) is 7.34. The van der Waals surface area contributed by atoms with Crippen LogP contribution in [0.1, 0.15) is 17.5 Å². The van der Waals surface area contributed by atoms with E-state index < -0.39 is 0 Å². The van der Waals surface area contributed by atoms with E-state index in [1.54, 1.807) is 11.3 Å². The maximum absolute atomic E-state index is 6.06. The summed E-state index contributed by atoms with van der Waals surface area (Å²) in [4.78, 5) is 9.67. The molecule has 1 aromatic heterocycles. The van der Waals surface area contributed by atoms with Gasteiger partial charge in [-0.2, -0.15) is 0 Å². The molecule has 1 fully saturated rings. The van der Waals surface area contributed by atoms with E-state index in [1.165, 1.54) is 11.4 Å². The van der Waals surface area contributed by atoms with Crippen LogP contribution in [0, 0.1) is 0 Å². The molecule has 0 amide bonds. The van der Waals surface area contributed by atoms with E-state index in [2.05, 4.69) is 29.3 Å². The van der Waals surface area contributed by atoms with Crippen molar-refractivity contribution in [3.63, 3.8) is 0 Å². The molecule has 0 saturated carbocycles. The van der Waals surface area contributed by atoms with Crippen LogP contribution in [-0.2, 0) is 0 Å². The lowest BCUT2D eigenvalue weighted by molar-refractivity contribution is 0.228. The molecule has 0 bridgehead atoms. The van der Waals surface area contributed by atoms with Crippen molar-refractivity contribution in [1.82, 2.24) is 14.8 Å². The number of nitrogens with zero attached hydrogens (tertiary/aromatic N) is 3. The minimum absolute atomic E-state index is 0.376. The summed E-state index contributed by atoms with van der Waals surface area (Å²) in [6.07, 6.45) is 1.22. The monoisotopic (exact) mass is 302 g/mol. The zero-order valence-electron chi connectivity index (χ0n) is 12.6. The van der Waals surface area contributed by atoms with Gasteiger partial charge < -0.3 is 10.6 Å². The average Bonchev–Trinajstić information content (AvgIpc) is 2.88. The number of nitrogen functional groups attached to an aromatic ring is 1. The molecule has 1 aromatic carbocycles. The SMILES string of the molecule is CN1CCCN(C)C(c2nc(-c3ccccc3N)cs2)C1. The van der Waals surface area contributed by atoms with Crippen molar-refractivity contribution in [3.05, 3.63) is 34.7 Å². The van der Waals surface area contributed by atoms with Crippen LogP contribution in [0.2, 0.25) is 0 Å². The normalized spacial score (nSPS) is 21.3. The number of anilines is 1. The second-order valence-electron chi connectivity index (χ2n) is 5.77. The first-order valence-corrected chi connectivity index (χ1v) is 8.22. The Labute approximate surface area is 130 Å². The maximum Gasteiger partial charge on any atom is 0.112 e. The predicted octanol–water partition coefficient (Wildman–Crippen LogP) is 2.70. The van der Waals surface area contributed by atoms with Gasteiger partial charge in [0.25, 0.3) is 0 Å². The molecule has 3 rings (SSSR count). The number of nitrogens with two attached hydrogens (primary N) is 1. The van der Waals surface area contributed by atoms with Crippen LogP contribution in [0.25, 0.3) is 11.3 Å². The van der Waals surface area contributed by atoms with Crippen molar-refractivity contribution >= 4 is 17.0 Å². The van der Waals surface area contributed by atoms with E-state index in [-0.39, 0.29) is 0 Å². The van der Waals surface area contributed by atoms with Gasteiger partial charge in [-0.05, 0) is 39.7 Å². The van der Waals surface area contributed by atoms with Crippen molar-refractivity contribution < 1.29 is 0 Å². The van der Waals surface area contributed by atoms with Gasteiger partial charge in [-0.1, -0.05) is 18.2 Å². The van der Waals surface area contributed by atoms with Crippen molar-refractivity contribution in [3.8, 4) is 11.3 Å². The molecule has 1 aliphatic heterocycles. The van der Waals surface area contributed by atoms with Crippen LogP contribution in [-0.4, -0.2) is 48.5 Å². The molecule has 112 valence electrons. The molecule has 21 heavy (non-hydrogen) atoms. The second-order valence-corrected chi connectivity index (χ2v) is 6.66. The van der Waals surface area contributed by atoms with Gasteiger partial charge in [0.05, 0.1) is 11.7 Å². The Morgan fingerprint density at radius 2 is 2.05 bits per heavy atom. The molecule has 5 heteroatoms. The van der Waals surface area contributed by atoms with Crippen LogP contribution < -0.4 is 5.73 Å². The number of hydrogen-bond donors (Lipinski definition) is 1. The summed E-state index contributed by atoms with van der Waals surface area (Å²) in [5.74, 6) is 0. The Hall–Kier alpha value is -1.43. The van der Waals surface area contributed by atoms with Crippen LogP contribution >= 0.6 is 11.3 Å². The van der Waals surface area contributed by atoms with Crippen LogP contribution in [0.5, 0.6) is 0 Å². The number of benzene rings is 1. The van der Waals surface area contributed by atoms with Gasteiger partial charge in [0.15, 0.2) is 0 Å². The number of para-hydroxylation sites is 1. The molecule has 0 spiro atoms. The van der Waals surface area contributed by atoms with E-state index in [0.29, 0.717) is 6.04 Å². The first-order chi connectivity index (χ1) is 10.1. The molecule has 0 aliphatic carbocycles. The Morgan fingerprint density at radius 1 is 1.24 bits per heavy atom. The molecule has 2 N–H and O–H groups in total. The van der Waals surface area contributed by atoms with E-state index >= 15 is 0 Å². The van der Waals surface area contributed by atoms with Crippen molar-refractivity contribution in [1.29, 1.82) is 0 Å². The van der Waals surface area contributed by atoms with Gasteiger partial charge in [-0.15, -0.1) is 11.3 Å². The highest BCUT2D eigenvalue weighted by molar-refractivity contribution is 7.10. The van der Waals surface area contributed by atoms with Crippen LogP contribution in [0.4, 0.5) is 5.69 Å². The summed E-state index contributed by atoms with van der Waals surface area (Å²) in [6, 6.07) is 8.31. The van der Waals surface area contributed by atoms with Gasteiger partial charge in [0, 0.05) is 23.2 Å². The molecule has 2 heterocycles. The lowest BCUT2D eigenvalue weighted by atomic mass is 10.1.